The van der Waals surface area contributed by atoms with Gasteiger partial charge < -0.3 is 0 Å². The van der Waals surface area contributed by atoms with E-state index in [1.54, 1.807) is 0 Å². The molecule has 0 atom stereocenters. The molecule has 1 saturated heterocycles. The van der Waals surface area contributed by atoms with Gasteiger partial charge >= 0.3 is 0 Å². The van der Waals surface area contributed by atoms with E-state index in [-0.39, 0.29) is 0 Å². The Kier molecular flexibility index (Phi) is 2.64. The molecule has 0 amide bonds. The summed E-state index contributed by atoms with van der Waals surface area (Å²) < 4.78 is 0. The lowest BCUT2D eigenvalue weighted by Crippen LogP contribution is -2.35. The Balaban J connectivity index is 1.90. The van der Waals surface area contributed by atoms with Crippen LogP contribution >= 0.6 is 0 Å². The van der Waals surface area contributed by atoms with Gasteiger partial charge in [0, 0.05) is 18.6 Å². The van der Waals surface area contributed by atoms with Crippen LogP contribution in [0.2, 0.25) is 0 Å². The summed E-state index contributed by atoms with van der Waals surface area (Å²) in [5.74, 6) is 0.985. The van der Waals surface area contributed by atoms with Gasteiger partial charge in [-0.25, -0.2) is 0 Å². The third-order valence-corrected chi connectivity index (χ3v) is 4.04. The summed E-state index contributed by atoms with van der Waals surface area (Å²) in [4.78, 5) is 2.67. The van der Waals surface area contributed by atoms with Gasteiger partial charge in [-0.1, -0.05) is 32.6 Å². The number of hydrogen-bond donors (Lipinski definition) is 0. The van der Waals surface area contributed by atoms with Crippen molar-refractivity contribution >= 4 is 0 Å². The van der Waals surface area contributed by atoms with E-state index in [1.165, 1.54) is 51.6 Å². The number of hydrogen-bond acceptors (Lipinski definition) is 1. The summed E-state index contributed by atoms with van der Waals surface area (Å²) in [7, 11) is 0. The van der Waals surface area contributed by atoms with Crippen LogP contribution in [0.3, 0.4) is 0 Å². The van der Waals surface area contributed by atoms with Crippen LogP contribution in [-0.2, 0) is 0 Å². The topological polar surface area (TPSA) is 3.01 Å². The second-order valence-electron chi connectivity index (χ2n) is 5.37. The average molecular weight is 181 g/mol. The highest BCUT2D eigenvalue weighted by Crippen LogP contribution is 2.36. The van der Waals surface area contributed by atoms with E-state index in [1.807, 2.05) is 0 Å². The fourth-order valence-corrected chi connectivity index (χ4v) is 2.84. The van der Waals surface area contributed by atoms with E-state index in [9.17, 15) is 0 Å². The van der Waals surface area contributed by atoms with Crippen molar-refractivity contribution in [2.24, 2.45) is 5.92 Å². The monoisotopic (exact) mass is 181 g/mol. The first-order chi connectivity index (χ1) is 6.21. The van der Waals surface area contributed by atoms with E-state index < -0.39 is 0 Å². The van der Waals surface area contributed by atoms with Crippen LogP contribution in [-0.4, -0.2) is 23.5 Å². The number of nitrogens with zero attached hydrogens (tertiary/aromatic N) is 1. The highest BCUT2D eigenvalue weighted by atomic mass is 15.3. The van der Waals surface area contributed by atoms with Gasteiger partial charge in [0.1, 0.15) is 0 Å². The van der Waals surface area contributed by atoms with Gasteiger partial charge in [0.05, 0.1) is 0 Å². The summed E-state index contributed by atoms with van der Waals surface area (Å²) in [5.41, 5.74) is 0.583. The zero-order valence-corrected chi connectivity index (χ0v) is 9.18. The normalized spacial score (nSPS) is 42.5. The molecule has 0 unspecified atom stereocenters. The molecule has 1 heteroatoms. The predicted molar refractivity (Wildman–Crippen MR) is 56.8 cm³/mol. The molecule has 0 spiro atoms. The molecule has 0 aromatic rings. The molecule has 0 aromatic heterocycles. The second kappa shape index (κ2) is 3.61. The first kappa shape index (κ1) is 9.51. The van der Waals surface area contributed by atoms with Crippen LogP contribution in [0.25, 0.3) is 0 Å². The lowest BCUT2D eigenvalue weighted by atomic mass is 9.82. The van der Waals surface area contributed by atoms with E-state index in [2.05, 4.69) is 18.7 Å². The molecule has 1 nitrogen and oxygen atoms in total. The van der Waals surface area contributed by atoms with E-state index >= 15 is 0 Å². The third kappa shape index (κ3) is 2.25. The SMILES string of the molecule is CC1CCCC(C)(N2CC2)CCC1. The maximum Gasteiger partial charge on any atom is 0.0182 e. The minimum atomic E-state index is 0.583. The van der Waals surface area contributed by atoms with Crippen molar-refractivity contribution in [3.63, 3.8) is 0 Å². The zero-order chi connectivity index (χ0) is 9.31. The lowest BCUT2D eigenvalue weighted by molar-refractivity contribution is 0.183. The Labute approximate surface area is 82.5 Å². The molecule has 1 aliphatic heterocycles. The van der Waals surface area contributed by atoms with Crippen LogP contribution < -0.4 is 0 Å². The lowest BCUT2D eigenvalue weighted by Gasteiger charge is -2.34. The summed E-state index contributed by atoms with van der Waals surface area (Å²) in [6.07, 6.45) is 8.71. The van der Waals surface area contributed by atoms with Crippen LogP contribution in [0.1, 0.15) is 52.4 Å². The molecule has 1 saturated carbocycles. The summed E-state index contributed by atoms with van der Waals surface area (Å²) >= 11 is 0. The first-order valence-corrected chi connectivity index (χ1v) is 5.96. The Morgan fingerprint density at radius 3 is 2.08 bits per heavy atom. The molecule has 0 aromatic carbocycles. The van der Waals surface area contributed by atoms with Gasteiger partial charge in [-0.15, -0.1) is 0 Å². The second-order valence-corrected chi connectivity index (χ2v) is 5.37. The molecule has 2 aliphatic rings. The predicted octanol–water partition coefficient (Wildman–Crippen LogP) is 3.05. The zero-order valence-electron chi connectivity index (χ0n) is 9.18. The Morgan fingerprint density at radius 1 is 1.08 bits per heavy atom. The van der Waals surface area contributed by atoms with E-state index in [4.69, 9.17) is 0 Å². The van der Waals surface area contributed by atoms with Crippen molar-refractivity contribution in [2.45, 2.75) is 57.9 Å². The van der Waals surface area contributed by atoms with Crippen LogP contribution in [0.15, 0.2) is 0 Å². The van der Waals surface area contributed by atoms with Gasteiger partial charge in [0.2, 0.25) is 0 Å². The highest BCUT2D eigenvalue weighted by molar-refractivity contribution is 4.94. The molecule has 2 fully saturated rings. The highest BCUT2D eigenvalue weighted by Gasteiger charge is 2.38. The molecule has 13 heavy (non-hydrogen) atoms. The Morgan fingerprint density at radius 2 is 1.62 bits per heavy atom. The summed E-state index contributed by atoms with van der Waals surface area (Å²) in [5, 5.41) is 0. The number of rotatable bonds is 1. The van der Waals surface area contributed by atoms with Crippen molar-refractivity contribution in [1.82, 2.24) is 4.90 Å². The molecule has 1 heterocycles. The summed E-state index contributed by atoms with van der Waals surface area (Å²) in [6, 6.07) is 0. The molecule has 1 aliphatic carbocycles. The van der Waals surface area contributed by atoms with Gasteiger partial charge in [-0.3, -0.25) is 4.90 Å². The third-order valence-electron chi connectivity index (χ3n) is 4.04. The average Bonchev–Trinajstić information content (AvgIpc) is 2.83. The standard InChI is InChI=1S/C12H23N/c1-11-5-3-7-12(2,8-4-6-11)13-9-10-13/h11H,3-10H2,1-2H3. The molecule has 0 bridgehead atoms. The van der Waals surface area contributed by atoms with Crippen molar-refractivity contribution in [2.75, 3.05) is 13.1 Å². The summed E-state index contributed by atoms with van der Waals surface area (Å²) in [6.45, 7) is 7.63. The minimum Gasteiger partial charge on any atom is -0.295 e. The van der Waals surface area contributed by atoms with Crippen LogP contribution in [0.5, 0.6) is 0 Å². The van der Waals surface area contributed by atoms with Gasteiger partial charge in [-0.2, -0.15) is 0 Å². The molecule has 2 rings (SSSR count). The largest absolute Gasteiger partial charge is 0.295 e. The maximum atomic E-state index is 2.67. The van der Waals surface area contributed by atoms with Gasteiger partial charge in [0.15, 0.2) is 0 Å². The fourth-order valence-electron chi connectivity index (χ4n) is 2.84. The first-order valence-electron chi connectivity index (χ1n) is 5.96. The molecular weight excluding hydrogens is 158 g/mol. The van der Waals surface area contributed by atoms with Gasteiger partial charge in [0.25, 0.3) is 0 Å². The smallest absolute Gasteiger partial charge is 0.0182 e. The maximum absolute atomic E-state index is 2.67. The van der Waals surface area contributed by atoms with Crippen molar-refractivity contribution in [3.8, 4) is 0 Å². The van der Waals surface area contributed by atoms with Crippen LogP contribution in [0, 0.1) is 5.92 Å². The Bertz CT molecular complexity index is 162. The fraction of sp³-hybridized carbons (Fsp3) is 1.00. The van der Waals surface area contributed by atoms with Crippen molar-refractivity contribution in [1.29, 1.82) is 0 Å². The van der Waals surface area contributed by atoms with Gasteiger partial charge in [-0.05, 0) is 25.7 Å². The molecule has 76 valence electrons. The molecule has 0 N–H and O–H groups in total. The van der Waals surface area contributed by atoms with Crippen LogP contribution in [0.4, 0.5) is 0 Å². The van der Waals surface area contributed by atoms with Crippen molar-refractivity contribution in [3.05, 3.63) is 0 Å². The quantitative estimate of drug-likeness (QED) is 0.562. The van der Waals surface area contributed by atoms with Crippen molar-refractivity contribution < 1.29 is 0 Å². The van der Waals surface area contributed by atoms with E-state index in [0.29, 0.717) is 5.54 Å². The molecule has 0 radical (unpaired) electrons. The molecular formula is C12H23N. The minimum absolute atomic E-state index is 0.583. The van der Waals surface area contributed by atoms with E-state index in [0.717, 1.165) is 5.92 Å². The Hall–Kier alpha value is -0.0400.